The summed E-state index contributed by atoms with van der Waals surface area (Å²) in [5.41, 5.74) is 1.77. The van der Waals surface area contributed by atoms with E-state index in [1.807, 2.05) is 69.3 Å². The second-order valence-corrected chi connectivity index (χ2v) is 7.94. The summed E-state index contributed by atoms with van der Waals surface area (Å²) in [6.07, 6.45) is 0. The molecule has 2 aromatic carbocycles. The lowest BCUT2D eigenvalue weighted by atomic mass is 9.95. The van der Waals surface area contributed by atoms with Crippen molar-refractivity contribution >= 4 is 51.5 Å². The maximum atomic E-state index is 12.0. The van der Waals surface area contributed by atoms with E-state index < -0.39 is 5.41 Å². The first kappa shape index (κ1) is 19.2. The Morgan fingerprint density at radius 2 is 1.56 bits per heavy atom. The van der Waals surface area contributed by atoms with E-state index in [1.165, 1.54) is 0 Å². The van der Waals surface area contributed by atoms with Gasteiger partial charge in [-0.25, -0.2) is 0 Å². The summed E-state index contributed by atoms with van der Waals surface area (Å²) in [7, 11) is 0. The first-order valence-corrected chi connectivity index (χ1v) is 9.03. The fraction of sp³-hybridized carbons (Fsp3) is 0.263. The van der Waals surface area contributed by atoms with Gasteiger partial charge < -0.3 is 16.0 Å². The predicted molar refractivity (Wildman–Crippen MR) is 111 cm³/mol. The van der Waals surface area contributed by atoms with Gasteiger partial charge in [0.05, 0.1) is 6.54 Å². The molecule has 0 unspecified atom stereocenters. The van der Waals surface area contributed by atoms with Crippen LogP contribution in [0.3, 0.4) is 0 Å². The molecule has 0 heterocycles. The molecule has 2 rings (SSSR count). The smallest absolute Gasteiger partial charge is 0.243 e. The van der Waals surface area contributed by atoms with Crippen LogP contribution in [0.2, 0.25) is 0 Å². The van der Waals surface area contributed by atoms with Crippen LogP contribution in [-0.2, 0) is 9.59 Å². The highest BCUT2D eigenvalue weighted by Crippen LogP contribution is 2.20. The average molecular weight is 451 g/mol. The third-order valence-electron chi connectivity index (χ3n) is 3.38. The standard InChI is InChI=1S/C19H22IN3O2/c1-19(2,3)18(25)23-16-6-4-5-15(11-16)21-12-17(24)22-14-9-7-13(20)8-10-14/h4-11,21H,12H2,1-3H3,(H,22,24)(H,23,25). The van der Waals surface area contributed by atoms with E-state index in [0.29, 0.717) is 5.69 Å². The molecule has 0 radical (unpaired) electrons. The fourth-order valence-electron chi connectivity index (χ4n) is 1.95. The Morgan fingerprint density at radius 3 is 2.20 bits per heavy atom. The Labute approximate surface area is 161 Å². The maximum Gasteiger partial charge on any atom is 0.243 e. The van der Waals surface area contributed by atoms with Gasteiger partial charge in [-0.2, -0.15) is 0 Å². The van der Waals surface area contributed by atoms with Crippen molar-refractivity contribution in [1.29, 1.82) is 0 Å². The number of hydrogen-bond donors (Lipinski definition) is 3. The van der Waals surface area contributed by atoms with Crippen LogP contribution in [0, 0.1) is 8.99 Å². The van der Waals surface area contributed by atoms with E-state index in [9.17, 15) is 9.59 Å². The van der Waals surface area contributed by atoms with E-state index >= 15 is 0 Å². The van der Waals surface area contributed by atoms with Crippen molar-refractivity contribution in [2.24, 2.45) is 5.41 Å². The normalized spacial score (nSPS) is 10.9. The van der Waals surface area contributed by atoms with Gasteiger partial charge >= 0.3 is 0 Å². The number of anilines is 3. The van der Waals surface area contributed by atoms with Gasteiger partial charge in [0, 0.05) is 26.0 Å². The Hall–Kier alpha value is -2.09. The lowest BCUT2D eigenvalue weighted by molar-refractivity contribution is -0.123. The molecule has 132 valence electrons. The first-order chi connectivity index (χ1) is 11.7. The van der Waals surface area contributed by atoms with E-state index in [0.717, 1.165) is 14.9 Å². The molecule has 5 nitrogen and oxygen atoms in total. The van der Waals surface area contributed by atoms with Crippen LogP contribution in [0.25, 0.3) is 0 Å². The number of amides is 2. The van der Waals surface area contributed by atoms with E-state index in [-0.39, 0.29) is 18.4 Å². The van der Waals surface area contributed by atoms with Gasteiger partial charge in [0.2, 0.25) is 11.8 Å². The van der Waals surface area contributed by atoms with Crippen LogP contribution in [0.15, 0.2) is 48.5 Å². The third-order valence-corrected chi connectivity index (χ3v) is 4.10. The lowest BCUT2D eigenvalue weighted by Crippen LogP contribution is -2.27. The van der Waals surface area contributed by atoms with Crippen LogP contribution in [-0.4, -0.2) is 18.4 Å². The number of nitrogens with one attached hydrogen (secondary N) is 3. The Kier molecular flexibility index (Phi) is 6.41. The molecule has 25 heavy (non-hydrogen) atoms. The molecule has 2 amide bonds. The number of halogens is 1. The Bertz CT molecular complexity index is 752. The third kappa shape index (κ3) is 6.38. The molecule has 0 saturated heterocycles. The second kappa shape index (κ2) is 8.33. The van der Waals surface area contributed by atoms with Crippen LogP contribution < -0.4 is 16.0 Å². The van der Waals surface area contributed by atoms with Crippen molar-refractivity contribution in [2.75, 3.05) is 22.5 Å². The summed E-state index contributed by atoms with van der Waals surface area (Å²) in [5, 5.41) is 8.77. The molecule has 3 N–H and O–H groups in total. The van der Waals surface area contributed by atoms with E-state index in [4.69, 9.17) is 0 Å². The zero-order valence-corrected chi connectivity index (χ0v) is 16.7. The van der Waals surface area contributed by atoms with Crippen molar-refractivity contribution in [1.82, 2.24) is 0 Å². The summed E-state index contributed by atoms with van der Waals surface area (Å²) in [6, 6.07) is 14.9. The largest absolute Gasteiger partial charge is 0.376 e. The van der Waals surface area contributed by atoms with Gasteiger partial charge in [0.15, 0.2) is 0 Å². The number of rotatable bonds is 5. The molecule has 0 aromatic heterocycles. The molecule has 0 bridgehead atoms. The molecular weight excluding hydrogens is 429 g/mol. The van der Waals surface area contributed by atoms with Gasteiger partial charge in [-0.1, -0.05) is 26.8 Å². The summed E-state index contributed by atoms with van der Waals surface area (Å²) >= 11 is 2.22. The minimum atomic E-state index is -0.461. The second-order valence-electron chi connectivity index (χ2n) is 6.69. The van der Waals surface area contributed by atoms with Crippen molar-refractivity contribution in [2.45, 2.75) is 20.8 Å². The van der Waals surface area contributed by atoms with Gasteiger partial charge in [-0.3, -0.25) is 9.59 Å². The lowest BCUT2D eigenvalue weighted by Gasteiger charge is -2.18. The van der Waals surface area contributed by atoms with Crippen LogP contribution in [0.1, 0.15) is 20.8 Å². The molecule has 0 spiro atoms. The topological polar surface area (TPSA) is 70.2 Å². The Balaban J connectivity index is 1.90. The van der Waals surface area contributed by atoms with Crippen molar-refractivity contribution in [3.8, 4) is 0 Å². The van der Waals surface area contributed by atoms with Crippen LogP contribution in [0.5, 0.6) is 0 Å². The predicted octanol–water partition coefficient (Wildman–Crippen LogP) is 4.33. The fourth-order valence-corrected chi connectivity index (χ4v) is 2.31. The van der Waals surface area contributed by atoms with Crippen molar-refractivity contribution in [3.63, 3.8) is 0 Å². The first-order valence-electron chi connectivity index (χ1n) is 7.95. The van der Waals surface area contributed by atoms with Crippen LogP contribution in [0.4, 0.5) is 17.1 Å². The SMILES string of the molecule is CC(C)(C)C(=O)Nc1cccc(NCC(=O)Nc2ccc(I)cc2)c1. The van der Waals surface area contributed by atoms with Crippen molar-refractivity contribution in [3.05, 3.63) is 52.1 Å². The molecule has 0 atom stereocenters. The summed E-state index contributed by atoms with van der Waals surface area (Å²) < 4.78 is 1.11. The quantitative estimate of drug-likeness (QED) is 0.593. The van der Waals surface area contributed by atoms with Gasteiger partial charge in [0.1, 0.15) is 0 Å². The van der Waals surface area contributed by atoms with Crippen molar-refractivity contribution < 1.29 is 9.59 Å². The minimum absolute atomic E-state index is 0.0545. The highest BCUT2D eigenvalue weighted by atomic mass is 127. The number of hydrogen-bond acceptors (Lipinski definition) is 3. The highest BCUT2D eigenvalue weighted by Gasteiger charge is 2.21. The van der Waals surface area contributed by atoms with E-state index in [2.05, 4.69) is 38.5 Å². The molecule has 0 aliphatic rings. The zero-order valence-electron chi connectivity index (χ0n) is 14.5. The maximum absolute atomic E-state index is 12.0. The molecule has 6 heteroatoms. The van der Waals surface area contributed by atoms with Gasteiger partial charge in [0.25, 0.3) is 0 Å². The highest BCUT2D eigenvalue weighted by molar-refractivity contribution is 14.1. The summed E-state index contributed by atoms with van der Waals surface area (Å²) in [6.45, 7) is 5.72. The summed E-state index contributed by atoms with van der Waals surface area (Å²) in [5.74, 6) is -0.188. The zero-order chi connectivity index (χ0) is 18.4. The average Bonchev–Trinajstić information content (AvgIpc) is 2.55. The van der Waals surface area contributed by atoms with E-state index in [1.54, 1.807) is 0 Å². The molecule has 0 saturated carbocycles. The number of carbonyl (C=O) groups is 2. The van der Waals surface area contributed by atoms with Gasteiger partial charge in [-0.05, 0) is 65.1 Å². The molecular formula is C19H22IN3O2. The molecule has 0 aliphatic carbocycles. The summed E-state index contributed by atoms with van der Waals surface area (Å²) in [4.78, 5) is 24.1. The minimum Gasteiger partial charge on any atom is -0.376 e. The molecule has 0 aliphatic heterocycles. The Morgan fingerprint density at radius 1 is 0.920 bits per heavy atom. The van der Waals surface area contributed by atoms with Gasteiger partial charge in [-0.15, -0.1) is 0 Å². The molecule has 2 aromatic rings. The number of benzene rings is 2. The van der Waals surface area contributed by atoms with Crippen LogP contribution >= 0.6 is 22.6 Å². The monoisotopic (exact) mass is 451 g/mol. The number of carbonyl (C=O) groups excluding carboxylic acids is 2. The molecule has 0 fully saturated rings.